The van der Waals surface area contributed by atoms with Gasteiger partial charge in [0.2, 0.25) is 0 Å². The SMILES string of the molecule is Cc1ccc2c(c1)c1cc(C)ccc1n2-c1c(-c2cc(-c3ccccc3)nc(-c3ccccc3)n2)cc(C(F)(F)F)cc1-c1cc(-c2ccccc2)nc(-c2ccccc2)n1. The molecule has 0 spiro atoms. The minimum atomic E-state index is -4.73. The van der Waals surface area contributed by atoms with Crippen LogP contribution in [0.15, 0.2) is 182 Å². The van der Waals surface area contributed by atoms with Crippen molar-refractivity contribution in [2.45, 2.75) is 20.0 Å². The zero-order valence-electron chi connectivity index (χ0n) is 33.2. The molecule has 0 unspecified atom stereocenters. The summed E-state index contributed by atoms with van der Waals surface area (Å²) in [4.78, 5) is 20.2. The number of nitrogens with zero attached hydrogens (tertiary/aromatic N) is 5. The van der Waals surface area contributed by atoms with Crippen LogP contribution in [0.4, 0.5) is 13.2 Å². The molecule has 0 saturated heterocycles. The second-order valence-electron chi connectivity index (χ2n) is 15.2. The molecule has 0 fully saturated rings. The Labute approximate surface area is 350 Å². The smallest absolute Gasteiger partial charge is 0.308 e. The maximum absolute atomic E-state index is 15.6. The van der Waals surface area contributed by atoms with Gasteiger partial charge in [0.25, 0.3) is 0 Å². The summed E-state index contributed by atoms with van der Waals surface area (Å²) in [6.07, 6.45) is -4.73. The number of aryl methyl sites for hydroxylation is 2. The highest BCUT2D eigenvalue weighted by Crippen LogP contribution is 2.46. The monoisotopic (exact) mass is 799 g/mol. The summed E-state index contributed by atoms with van der Waals surface area (Å²) in [5, 5.41) is 1.96. The lowest BCUT2D eigenvalue weighted by atomic mass is 9.95. The summed E-state index contributed by atoms with van der Waals surface area (Å²) in [6.45, 7) is 4.09. The Morgan fingerprint density at radius 1 is 0.393 bits per heavy atom. The highest BCUT2D eigenvalue weighted by Gasteiger charge is 2.34. The molecule has 8 heteroatoms. The van der Waals surface area contributed by atoms with Crippen LogP contribution in [0.3, 0.4) is 0 Å². The highest BCUT2D eigenvalue weighted by atomic mass is 19.4. The van der Waals surface area contributed by atoms with E-state index in [0.717, 1.165) is 55.2 Å². The Bertz CT molecular complexity index is 2910. The molecule has 0 radical (unpaired) electrons. The van der Waals surface area contributed by atoms with E-state index in [0.29, 0.717) is 40.1 Å². The van der Waals surface area contributed by atoms with Crippen molar-refractivity contribution < 1.29 is 13.2 Å². The summed E-state index contributed by atoms with van der Waals surface area (Å²) >= 11 is 0. The number of halogens is 3. The van der Waals surface area contributed by atoms with Crippen LogP contribution < -0.4 is 0 Å². The molecule has 10 rings (SSSR count). The van der Waals surface area contributed by atoms with Gasteiger partial charge in [-0.25, -0.2) is 19.9 Å². The van der Waals surface area contributed by atoms with E-state index in [1.165, 1.54) is 12.1 Å². The number of hydrogen-bond donors (Lipinski definition) is 0. The first-order valence-corrected chi connectivity index (χ1v) is 20.0. The van der Waals surface area contributed by atoms with E-state index in [4.69, 9.17) is 19.9 Å². The van der Waals surface area contributed by atoms with Gasteiger partial charge >= 0.3 is 6.18 Å². The van der Waals surface area contributed by atoms with Crippen molar-refractivity contribution in [3.05, 3.63) is 199 Å². The molecule has 0 aliphatic heterocycles. The number of rotatable bonds is 7. The van der Waals surface area contributed by atoms with Gasteiger partial charge in [0.15, 0.2) is 11.6 Å². The molecule has 0 bridgehead atoms. The van der Waals surface area contributed by atoms with Gasteiger partial charge in [-0.05, 0) is 62.4 Å². The van der Waals surface area contributed by atoms with Crippen molar-refractivity contribution in [2.75, 3.05) is 0 Å². The topological polar surface area (TPSA) is 56.5 Å². The van der Waals surface area contributed by atoms with Crippen LogP contribution in [0.5, 0.6) is 0 Å². The number of aromatic nitrogens is 5. The third-order valence-electron chi connectivity index (χ3n) is 10.9. The molecular weight excluding hydrogens is 764 g/mol. The molecule has 7 aromatic carbocycles. The van der Waals surface area contributed by atoms with Crippen LogP contribution in [0.25, 0.3) is 95.3 Å². The van der Waals surface area contributed by atoms with Crippen molar-refractivity contribution in [2.24, 2.45) is 0 Å². The van der Waals surface area contributed by atoms with Gasteiger partial charge in [-0.1, -0.05) is 145 Å². The van der Waals surface area contributed by atoms with Gasteiger partial charge in [0.05, 0.1) is 45.1 Å². The van der Waals surface area contributed by atoms with Gasteiger partial charge in [-0.2, -0.15) is 13.2 Å². The van der Waals surface area contributed by atoms with E-state index in [-0.39, 0.29) is 11.1 Å². The fourth-order valence-electron chi connectivity index (χ4n) is 8.04. The highest BCUT2D eigenvalue weighted by molar-refractivity contribution is 6.11. The van der Waals surface area contributed by atoms with Gasteiger partial charge < -0.3 is 4.57 Å². The lowest BCUT2D eigenvalue weighted by Crippen LogP contribution is -2.10. The molecule has 3 heterocycles. The predicted molar refractivity (Wildman–Crippen MR) is 239 cm³/mol. The van der Waals surface area contributed by atoms with E-state index in [1.807, 2.05) is 159 Å². The number of benzene rings is 7. The van der Waals surface area contributed by atoms with Crippen molar-refractivity contribution in [1.82, 2.24) is 24.5 Å². The molecule has 61 heavy (non-hydrogen) atoms. The summed E-state index contributed by atoms with van der Waals surface area (Å²) in [7, 11) is 0. The maximum atomic E-state index is 15.6. The third-order valence-corrected chi connectivity index (χ3v) is 10.9. The zero-order chi connectivity index (χ0) is 41.7. The van der Waals surface area contributed by atoms with Crippen LogP contribution in [0, 0.1) is 13.8 Å². The molecule has 0 saturated carbocycles. The molecule has 10 aromatic rings. The van der Waals surface area contributed by atoms with Crippen molar-refractivity contribution in [3.8, 4) is 73.5 Å². The van der Waals surface area contributed by atoms with Crippen LogP contribution in [0.1, 0.15) is 16.7 Å². The lowest BCUT2D eigenvalue weighted by molar-refractivity contribution is -0.137. The largest absolute Gasteiger partial charge is 0.416 e. The van der Waals surface area contributed by atoms with Crippen LogP contribution >= 0.6 is 0 Å². The number of fused-ring (bicyclic) bond motifs is 3. The summed E-state index contributed by atoms with van der Waals surface area (Å²) < 4.78 is 48.7. The molecule has 0 aliphatic rings. The standard InChI is InChI=1S/C53H36F3N5/c1-33-23-25-48-40(27-33)41-28-34(2)24-26-49(41)61(48)50-42(46-31-44(35-15-7-3-8-16-35)57-51(59-46)37-19-11-5-12-20-37)29-39(53(54,55)56)30-43(50)47-32-45(36-17-9-4-10-18-36)58-52(60-47)38-21-13-6-14-22-38/h3-32H,1-2H3. The van der Waals surface area contributed by atoms with Gasteiger partial charge in [0.1, 0.15) is 0 Å². The number of alkyl halides is 3. The van der Waals surface area contributed by atoms with Crippen LogP contribution in [0.2, 0.25) is 0 Å². The number of hydrogen-bond acceptors (Lipinski definition) is 4. The Hall–Kier alpha value is -7.71. The van der Waals surface area contributed by atoms with Crippen LogP contribution in [-0.2, 0) is 6.18 Å². The summed E-state index contributed by atoms with van der Waals surface area (Å²) in [6, 6.07) is 56.7. The van der Waals surface area contributed by atoms with Crippen LogP contribution in [-0.4, -0.2) is 24.5 Å². The Morgan fingerprint density at radius 2 is 0.754 bits per heavy atom. The Morgan fingerprint density at radius 3 is 1.13 bits per heavy atom. The van der Waals surface area contributed by atoms with E-state index in [1.54, 1.807) is 12.1 Å². The molecule has 0 aliphatic carbocycles. The fourth-order valence-corrected chi connectivity index (χ4v) is 8.04. The molecular formula is C53H36F3N5. The predicted octanol–water partition coefficient (Wildman–Crippen LogP) is 14.0. The third kappa shape index (κ3) is 7.12. The molecule has 5 nitrogen and oxygen atoms in total. The maximum Gasteiger partial charge on any atom is 0.416 e. The van der Waals surface area contributed by atoms with Gasteiger partial charge in [-0.15, -0.1) is 0 Å². The quantitative estimate of drug-likeness (QED) is 0.161. The summed E-state index contributed by atoms with van der Waals surface area (Å²) in [5.41, 5.74) is 8.83. The van der Waals surface area contributed by atoms with Crippen molar-refractivity contribution in [3.63, 3.8) is 0 Å². The van der Waals surface area contributed by atoms with E-state index >= 15 is 13.2 Å². The van der Waals surface area contributed by atoms with E-state index in [2.05, 4.69) is 16.7 Å². The molecule has 0 atom stereocenters. The Kier molecular flexibility index (Phi) is 9.33. The second kappa shape index (κ2) is 15.1. The first-order valence-electron chi connectivity index (χ1n) is 20.0. The Balaban J connectivity index is 1.39. The molecule has 0 amide bonds. The lowest BCUT2D eigenvalue weighted by Gasteiger charge is -2.22. The zero-order valence-corrected chi connectivity index (χ0v) is 33.2. The summed E-state index contributed by atoms with van der Waals surface area (Å²) in [5.74, 6) is 0.769. The van der Waals surface area contributed by atoms with Gasteiger partial charge in [-0.3, -0.25) is 0 Å². The minimum absolute atomic E-state index is 0.266. The average Bonchev–Trinajstić information content (AvgIpc) is 3.61. The molecule has 0 N–H and O–H groups in total. The van der Waals surface area contributed by atoms with Crippen molar-refractivity contribution >= 4 is 21.8 Å². The molecule has 3 aromatic heterocycles. The second-order valence-corrected chi connectivity index (χ2v) is 15.2. The minimum Gasteiger partial charge on any atom is -0.308 e. The average molecular weight is 800 g/mol. The van der Waals surface area contributed by atoms with E-state index < -0.39 is 11.7 Å². The molecule has 294 valence electrons. The van der Waals surface area contributed by atoms with E-state index in [9.17, 15) is 0 Å². The first-order chi connectivity index (χ1) is 29.7. The normalized spacial score (nSPS) is 11.7. The van der Waals surface area contributed by atoms with Crippen molar-refractivity contribution in [1.29, 1.82) is 0 Å². The first kappa shape index (κ1) is 37.6. The van der Waals surface area contributed by atoms with Gasteiger partial charge in [0, 0.05) is 44.2 Å². The fraction of sp³-hybridized carbons (Fsp3) is 0.0566.